The van der Waals surface area contributed by atoms with E-state index in [1.807, 2.05) is 6.20 Å². The highest BCUT2D eigenvalue weighted by Crippen LogP contribution is 2.25. The number of aryl methyl sites for hydroxylation is 1. The summed E-state index contributed by atoms with van der Waals surface area (Å²) in [6.45, 7) is 5.81. The molecule has 1 aromatic heterocycles. The van der Waals surface area contributed by atoms with E-state index < -0.39 is 0 Å². The van der Waals surface area contributed by atoms with Crippen molar-refractivity contribution in [1.82, 2.24) is 9.88 Å². The van der Waals surface area contributed by atoms with Crippen molar-refractivity contribution in [1.29, 1.82) is 0 Å². The number of aromatic nitrogens is 1. The topological polar surface area (TPSA) is 25.4 Å². The van der Waals surface area contributed by atoms with E-state index in [1.165, 1.54) is 26.9 Å². The molecule has 0 bridgehead atoms. The largest absolute Gasteiger partial charge is 0.377 e. The van der Waals surface area contributed by atoms with Gasteiger partial charge in [-0.25, -0.2) is 4.98 Å². The van der Waals surface area contributed by atoms with Gasteiger partial charge in [0.25, 0.3) is 0 Å². The summed E-state index contributed by atoms with van der Waals surface area (Å²) >= 11 is 8.86. The number of halogens is 2. The van der Waals surface area contributed by atoms with Gasteiger partial charge in [0.15, 0.2) is 3.92 Å². The van der Waals surface area contributed by atoms with E-state index in [2.05, 4.69) is 66.9 Å². The maximum atomic E-state index is 5.84. The highest BCUT2D eigenvalue weighted by molar-refractivity contribution is 9.11. The van der Waals surface area contributed by atoms with Crippen LogP contribution in [-0.4, -0.2) is 29.1 Å². The number of thiazole rings is 1. The predicted molar refractivity (Wildman–Crippen MR) is 102 cm³/mol. The average molecular weight is 460 g/mol. The number of rotatable bonds is 6. The molecule has 1 aromatic carbocycles. The Morgan fingerprint density at radius 2 is 2.22 bits per heavy atom. The first-order valence-electron chi connectivity index (χ1n) is 7.79. The minimum absolute atomic E-state index is 0.357. The fraction of sp³-hybridized carbons (Fsp3) is 0.471. The van der Waals surface area contributed by atoms with E-state index >= 15 is 0 Å². The van der Waals surface area contributed by atoms with Crippen molar-refractivity contribution in [2.75, 3.05) is 13.2 Å². The molecule has 1 saturated heterocycles. The van der Waals surface area contributed by atoms with E-state index in [0.29, 0.717) is 6.10 Å². The molecule has 6 heteroatoms. The second-order valence-corrected chi connectivity index (χ2v) is 9.22. The molecule has 0 saturated carbocycles. The van der Waals surface area contributed by atoms with Crippen molar-refractivity contribution in [3.05, 3.63) is 48.8 Å². The van der Waals surface area contributed by atoms with Crippen molar-refractivity contribution in [2.24, 2.45) is 0 Å². The number of benzene rings is 1. The van der Waals surface area contributed by atoms with Crippen LogP contribution in [0.4, 0.5) is 0 Å². The number of hydrogen-bond acceptors (Lipinski definition) is 4. The maximum absolute atomic E-state index is 5.84. The van der Waals surface area contributed by atoms with Gasteiger partial charge < -0.3 is 4.74 Å². The molecule has 1 fully saturated rings. The lowest BCUT2D eigenvalue weighted by Crippen LogP contribution is -2.31. The summed E-state index contributed by atoms with van der Waals surface area (Å²) in [6, 6.07) is 6.57. The van der Waals surface area contributed by atoms with Crippen LogP contribution in [0.5, 0.6) is 0 Å². The normalized spacial score (nSPS) is 18.0. The molecule has 0 aliphatic carbocycles. The monoisotopic (exact) mass is 458 g/mol. The summed E-state index contributed by atoms with van der Waals surface area (Å²) in [6.07, 6.45) is 4.66. The van der Waals surface area contributed by atoms with Crippen molar-refractivity contribution >= 4 is 43.2 Å². The van der Waals surface area contributed by atoms with Crippen molar-refractivity contribution in [3.8, 4) is 0 Å². The molecule has 0 amide bonds. The molecular weight excluding hydrogens is 440 g/mol. The van der Waals surface area contributed by atoms with Crippen molar-refractivity contribution in [3.63, 3.8) is 0 Å². The molecule has 1 aliphatic rings. The Morgan fingerprint density at radius 1 is 1.35 bits per heavy atom. The Balaban J connectivity index is 1.73. The smallest absolute Gasteiger partial charge is 0.159 e. The zero-order valence-electron chi connectivity index (χ0n) is 13.1. The zero-order valence-corrected chi connectivity index (χ0v) is 17.1. The Kier molecular flexibility index (Phi) is 6.26. The third-order valence-electron chi connectivity index (χ3n) is 3.99. The summed E-state index contributed by atoms with van der Waals surface area (Å²) in [4.78, 5) is 8.05. The van der Waals surface area contributed by atoms with Gasteiger partial charge in [-0.1, -0.05) is 28.1 Å². The van der Waals surface area contributed by atoms with Gasteiger partial charge in [0, 0.05) is 41.8 Å². The second kappa shape index (κ2) is 8.21. The van der Waals surface area contributed by atoms with Gasteiger partial charge in [0.1, 0.15) is 0 Å². The van der Waals surface area contributed by atoms with Crippen LogP contribution in [0.2, 0.25) is 0 Å². The first-order valence-corrected chi connectivity index (χ1v) is 10.2. The van der Waals surface area contributed by atoms with Gasteiger partial charge in [0.05, 0.1) is 6.10 Å². The molecule has 2 aromatic rings. The van der Waals surface area contributed by atoms with Gasteiger partial charge in [-0.05, 0) is 52.9 Å². The molecule has 2 heterocycles. The predicted octanol–water partition coefficient (Wildman–Crippen LogP) is 5.16. The van der Waals surface area contributed by atoms with Crippen LogP contribution in [0.25, 0.3) is 0 Å². The van der Waals surface area contributed by atoms with E-state index in [0.717, 1.165) is 36.6 Å². The third kappa shape index (κ3) is 5.10. The first kappa shape index (κ1) is 17.5. The number of ether oxygens (including phenoxy) is 1. The third-order valence-corrected chi connectivity index (χ3v) is 6.19. The molecule has 3 rings (SSSR count). The summed E-state index contributed by atoms with van der Waals surface area (Å²) in [7, 11) is 0. The zero-order chi connectivity index (χ0) is 16.2. The molecule has 0 spiro atoms. The lowest BCUT2D eigenvalue weighted by atomic mass is 10.1. The maximum Gasteiger partial charge on any atom is 0.159 e. The van der Waals surface area contributed by atoms with Crippen LogP contribution in [-0.2, 0) is 17.8 Å². The summed E-state index contributed by atoms with van der Waals surface area (Å²) in [5, 5.41) is 0. The number of hydrogen-bond donors (Lipinski definition) is 0. The Bertz CT molecular complexity index is 656. The van der Waals surface area contributed by atoms with Gasteiger partial charge >= 0.3 is 0 Å². The highest BCUT2D eigenvalue weighted by Gasteiger charge is 2.20. The molecule has 124 valence electrons. The molecule has 0 N–H and O–H groups in total. The molecule has 1 atom stereocenters. The fourth-order valence-electron chi connectivity index (χ4n) is 2.86. The van der Waals surface area contributed by atoms with Crippen molar-refractivity contribution in [2.45, 2.75) is 39.0 Å². The van der Waals surface area contributed by atoms with Crippen LogP contribution < -0.4 is 0 Å². The molecule has 1 unspecified atom stereocenters. The van der Waals surface area contributed by atoms with Gasteiger partial charge in [-0.3, -0.25) is 4.90 Å². The summed E-state index contributed by atoms with van der Waals surface area (Å²) in [5.74, 6) is 0. The Labute approximate surface area is 158 Å². The molecular formula is C17H20Br2N2OS. The van der Waals surface area contributed by atoms with Gasteiger partial charge in [-0.2, -0.15) is 0 Å². The summed E-state index contributed by atoms with van der Waals surface area (Å²) in [5.41, 5.74) is 2.59. The average Bonchev–Trinajstić information content (AvgIpc) is 3.14. The minimum Gasteiger partial charge on any atom is -0.377 e. The van der Waals surface area contributed by atoms with E-state index in [9.17, 15) is 0 Å². The van der Waals surface area contributed by atoms with Crippen LogP contribution in [0, 0.1) is 6.92 Å². The SMILES string of the molecule is Cc1ccc(CN(Cc2cnc(Br)s2)CC2CCCO2)c(Br)c1. The van der Waals surface area contributed by atoms with E-state index in [-0.39, 0.29) is 0 Å². The van der Waals surface area contributed by atoms with E-state index in [1.54, 1.807) is 11.3 Å². The summed E-state index contributed by atoms with van der Waals surface area (Å²) < 4.78 is 7.96. The standard InChI is InChI=1S/C17H20Br2N2OS/c1-12-4-5-13(16(18)7-12)9-21(10-14-3-2-6-22-14)11-15-8-20-17(19)23-15/h4-5,7-8,14H,2-3,6,9-11H2,1H3. The number of nitrogens with zero attached hydrogens (tertiary/aromatic N) is 2. The quantitative estimate of drug-likeness (QED) is 0.596. The molecule has 23 heavy (non-hydrogen) atoms. The minimum atomic E-state index is 0.357. The van der Waals surface area contributed by atoms with E-state index in [4.69, 9.17) is 4.74 Å². The Morgan fingerprint density at radius 3 is 2.87 bits per heavy atom. The van der Waals surface area contributed by atoms with Crippen LogP contribution >= 0.6 is 43.2 Å². The van der Waals surface area contributed by atoms with Crippen LogP contribution in [0.1, 0.15) is 28.8 Å². The first-order chi connectivity index (χ1) is 11.1. The fourth-order valence-corrected chi connectivity index (χ4v) is 4.88. The molecule has 0 radical (unpaired) electrons. The lowest BCUT2D eigenvalue weighted by molar-refractivity contribution is 0.0681. The molecule has 1 aliphatic heterocycles. The molecule has 3 nitrogen and oxygen atoms in total. The van der Waals surface area contributed by atoms with Gasteiger partial charge in [-0.15, -0.1) is 11.3 Å². The van der Waals surface area contributed by atoms with Crippen LogP contribution in [0.3, 0.4) is 0 Å². The Hall–Kier alpha value is -0.270. The van der Waals surface area contributed by atoms with Crippen molar-refractivity contribution < 1.29 is 4.74 Å². The van der Waals surface area contributed by atoms with Crippen LogP contribution in [0.15, 0.2) is 32.8 Å². The second-order valence-electron chi connectivity index (χ2n) is 5.98. The lowest BCUT2D eigenvalue weighted by Gasteiger charge is -2.25. The highest BCUT2D eigenvalue weighted by atomic mass is 79.9. The van der Waals surface area contributed by atoms with Gasteiger partial charge in [0.2, 0.25) is 0 Å².